The van der Waals surface area contributed by atoms with Crippen LogP contribution in [0.4, 0.5) is 10.5 Å². The summed E-state index contributed by atoms with van der Waals surface area (Å²) in [5.41, 5.74) is 2.61. The third kappa shape index (κ3) is 5.42. The van der Waals surface area contributed by atoms with Gasteiger partial charge >= 0.3 is 6.03 Å². The van der Waals surface area contributed by atoms with Crippen molar-refractivity contribution < 1.29 is 9.59 Å². The van der Waals surface area contributed by atoms with Crippen molar-refractivity contribution in [3.05, 3.63) is 65.7 Å². The van der Waals surface area contributed by atoms with Gasteiger partial charge in [-0.05, 0) is 50.9 Å². The van der Waals surface area contributed by atoms with Crippen molar-refractivity contribution in [1.82, 2.24) is 9.80 Å². The number of benzene rings is 2. The number of urea groups is 1. The van der Waals surface area contributed by atoms with Crippen molar-refractivity contribution in [2.75, 3.05) is 32.0 Å². The number of likely N-dealkylation sites (N-methyl/N-ethyl adjacent to an activating group) is 1. The van der Waals surface area contributed by atoms with Crippen LogP contribution in [0.1, 0.15) is 35.7 Å². The van der Waals surface area contributed by atoms with Gasteiger partial charge in [0.05, 0.1) is 0 Å². The molecule has 3 rings (SSSR count). The summed E-state index contributed by atoms with van der Waals surface area (Å²) in [6.45, 7) is 4.00. The first-order valence-electron chi connectivity index (χ1n) is 9.94. The van der Waals surface area contributed by atoms with Crippen LogP contribution in [-0.2, 0) is 6.42 Å². The minimum Gasteiger partial charge on any atom is -0.323 e. The van der Waals surface area contributed by atoms with Crippen molar-refractivity contribution in [2.24, 2.45) is 0 Å². The fraction of sp³-hybridized carbons (Fsp3) is 0.391. The third-order valence-electron chi connectivity index (χ3n) is 5.42. The summed E-state index contributed by atoms with van der Waals surface area (Å²) in [5.74, 6) is -0.00539. The van der Waals surface area contributed by atoms with Crippen molar-refractivity contribution in [3.8, 4) is 0 Å². The molecular weight excluding hydrogens is 350 g/mol. The maximum atomic E-state index is 12.7. The summed E-state index contributed by atoms with van der Waals surface area (Å²) in [5, 5.41) is 2.94. The van der Waals surface area contributed by atoms with Gasteiger partial charge in [-0.15, -0.1) is 0 Å². The number of nitrogens with one attached hydrogen (secondary N) is 1. The number of amides is 2. The number of piperidine rings is 1. The zero-order chi connectivity index (χ0) is 19.9. The van der Waals surface area contributed by atoms with E-state index < -0.39 is 0 Å². The standard InChI is InChI=1S/C23H29N3O2/c1-18(27)20-10-6-11-21(16-20)24-23(28)26-14-7-12-22(17-26)25(2)15-13-19-8-4-3-5-9-19/h3-6,8-11,16,22H,7,12-15,17H2,1-2H3,(H,24,28)/t22-/m0/s1. The molecule has 1 saturated heterocycles. The first-order valence-corrected chi connectivity index (χ1v) is 9.94. The number of nitrogens with zero attached hydrogens (tertiary/aromatic N) is 2. The Morgan fingerprint density at radius 3 is 2.68 bits per heavy atom. The first-order chi connectivity index (χ1) is 13.5. The Balaban J connectivity index is 1.54. The minimum atomic E-state index is -0.0955. The van der Waals surface area contributed by atoms with Crippen molar-refractivity contribution in [2.45, 2.75) is 32.2 Å². The number of hydrogen-bond donors (Lipinski definition) is 1. The van der Waals surface area contributed by atoms with E-state index in [1.54, 1.807) is 18.2 Å². The molecule has 1 atom stereocenters. The fourth-order valence-corrected chi connectivity index (χ4v) is 3.65. The maximum Gasteiger partial charge on any atom is 0.321 e. The Morgan fingerprint density at radius 1 is 1.14 bits per heavy atom. The van der Waals surface area contributed by atoms with E-state index in [9.17, 15) is 9.59 Å². The normalized spacial score (nSPS) is 16.8. The van der Waals surface area contributed by atoms with E-state index in [0.717, 1.165) is 38.9 Å². The zero-order valence-electron chi connectivity index (χ0n) is 16.7. The van der Waals surface area contributed by atoms with E-state index in [4.69, 9.17) is 0 Å². The van der Waals surface area contributed by atoms with Gasteiger partial charge in [0, 0.05) is 36.9 Å². The number of carbonyl (C=O) groups is 2. The van der Waals surface area contributed by atoms with E-state index in [1.807, 2.05) is 17.0 Å². The van der Waals surface area contributed by atoms with E-state index in [0.29, 0.717) is 17.3 Å². The average molecular weight is 380 g/mol. The molecule has 2 amide bonds. The second-order valence-electron chi connectivity index (χ2n) is 7.53. The van der Waals surface area contributed by atoms with Gasteiger partial charge in [-0.1, -0.05) is 42.5 Å². The molecule has 1 aliphatic rings. The molecule has 2 aromatic carbocycles. The van der Waals surface area contributed by atoms with Gasteiger partial charge in [-0.3, -0.25) is 4.79 Å². The molecule has 28 heavy (non-hydrogen) atoms. The van der Waals surface area contributed by atoms with Gasteiger partial charge in [0.2, 0.25) is 0 Å². The molecule has 1 aliphatic heterocycles. The molecule has 2 aromatic rings. The van der Waals surface area contributed by atoms with Crippen LogP contribution in [0.25, 0.3) is 0 Å². The Morgan fingerprint density at radius 2 is 1.93 bits per heavy atom. The summed E-state index contributed by atoms with van der Waals surface area (Å²) >= 11 is 0. The number of carbonyl (C=O) groups excluding carboxylic acids is 2. The van der Waals surface area contributed by atoms with Crippen LogP contribution in [0.15, 0.2) is 54.6 Å². The molecule has 0 unspecified atom stereocenters. The quantitative estimate of drug-likeness (QED) is 0.770. The van der Waals surface area contributed by atoms with E-state index in [1.165, 1.54) is 12.5 Å². The van der Waals surface area contributed by atoms with Crippen LogP contribution in [0, 0.1) is 0 Å². The number of ketones is 1. The van der Waals surface area contributed by atoms with Crippen LogP contribution >= 0.6 is 0 Å². The highest BCUT2D eigenvalue weighted by Gasteiger charge is 2.26. The van der Waals surface area contributed by atoms with E-state index >= 15 is 0 Å². The largest absolute Gasteiger partial charge is 0.323 e. The Labute approximate surface area is 167 Å². The summed E-state index contributed by atoms with van der Waals surface area (Å²) < 4.78 is 0. The van der Waals surface area contributed by atoms with Gasteiger partial charge < -0.3 is 15.1 Å². The SMILES string of the molecule is CC(=O)c1cccc(NC(=O)N2CCC[C@H](N(C)CCc3ccccc3)C2)c1. The molecule has 5 heteroatoms. The van der Waals surface area contributed by atoms with Gasteiger partial charge in [0.1, 0.15) is 0 Å². The maximum absolute atomic E-state index is 12.7. The molecule has 0 bridgehead atoms. The Kier molecular flexibility index (Phi) is 6.82. The number of anilines is 1. The molecule has 1 heterocycles. The average Bonchev–Trinajstić information content (AvgIpc) is 2.73. The number of likely N-dealkylation sites (tertiary alicyclic amines) is 1. The van der Waals surface area contributed by atoms with Gasteiger partial charge in [0.25, 0.3) is 0 Å². The number of hydrogen-bond acceptors (Lipinski definition) is 3. The fourth-order valence-electron chi connectivity index (χ4n) is 3.65. The van der Waals surface area contributed by atoms with Crippen LogP contribution in [0.3, 0.4) is 0 Å². The second kappa shape index (κ2) is 9.51. The summed E-state index contributed by atoms with van der Waals surface area (Å²) in [7, 11) is 2.14. The molecule has 148 valence electrons. The molecule has 0 radical (unpaired) electrons. The molecule has 1 N–H and O–H groups in total. The molecule has 0 spiro atoms. The third-order valence-corrected chi connectivity index (χ3v) is 5.42. The number of Topliss-reactive ketones (excluding diaryl/α,β-unsaturated/α-hetero) is 1. The molecule has 0 aromatic heterocycles. The molecule has 1 fully saturated rings. The lowest BCUT2D eigenvalue weighted by molar-refractivity contribution is 0.101. The number of rotatable bonds is 6. The predicted octanol–water partition coefficient (Wildman–Crippen LogP) is 4.06. The van der Waals surface area contributed by atoms with Gasteiger partial charge in [-0.25, -0.2) is 4.79 Å². The van der Waals surface area contributed by atoms with E-state index in [2.05, 4.69) is 41.5 Å². The highest BCUT2D eigenvalue weighted by atomic mass is 16.2. The minimum absolute atomic E-state index is 0.00539. The van der Waals surface area contributed by atoms with Crippen LogP contribution in [-0.4, -0.2) is 54.3 Å². The molecular formula is C23H29N3O2. The molecule has 0 aliphatic carbocycles. The molecule has 5 nitrogen and oxygen atoms in total. The van der Waals surface area contributed by atoms with Crippen molar-refractivity contribution >= 4 is 17.5 Å². The zero-order valence-corrected chi connectivity index (χ0v) is 16.7. The van der Waals surface area contributed by atoms with E-state index in [-0.39, 0.29) is 11.8 Å². The smallest absolute Gasteiger partial charge is 0.321 e. The second-order valence-corrected chi connectivity index (χ2v) is 7.53. The molecule has 0 saturated carbocycles. The lowest BCUT2D eigenvalue weighted by atomic mass is 10.0. The summed E-state index contributed by atoms with van der Waals surface area (Å²) in [4.78, 5) is 28.5. The Hall–Kier alpha value is -2.66. The highest BCUT2D eigenvalue weighted by molar-refractivity contribution is 5.96. The van der Waals surface area contributed by atoms with Crippen molar-refractivity contribution in [3.63, 3.8) is 0 Å². The van der Waals surface area contributed by atoms with Gasteiger partial charge in [-0.2, -0.15) is 0 Å². The van der Waals surface area contributed by atoms with Crippen LogP contribution in [0.5, 0.6) is 0 Å². The highest BCUT2D eigenvalue weighted by Crippen LogP contribution is 2.18. The van der Waals surface area contributed by atoms with Gasteiger partial charge in [0.15, 0.2) is 5.78 Å². The predicted molar refractivity (Wildman–Crippen MR) is 113 cm³/mol. The van der Waals surface area contributed by atoms with Crippen LogP contribution < -0.4 is 5.32 Å². The lowest BCUT2D eigenvalue weighted by Gasteiger charge is -2.37. The first kappa shape index (κ1) is 20.1. The monoisotopic (exact) mass is 379 g/mol. The topological polar surface area (TPSA) is 52.7 Å². The summed E-state index contributed by atoms with van der Waals surface area (Å²) in [6, 6.07) is 17.9. The van der Waals surface area contributed by atoms with Crippen LogP contribution in [0.2, 0.25) is 0 Å². The Bertz CT molecular complexity index is 807. The van der Waals surface area contributed by atoms with Crippen molar-refractivity contribution in [1.29, 1.82) is 0 Å². The lowest BCUT2D eigenvalue weighted by Crippen LogP contribution is -2.50. The summed E-state index contributed by atoms with van der Waals surface area (Å²) in [6.07, 6.45) is 3.12.